The van der Waals surface area contributed by atoms with Crippen molar-refractivity contribution in [2.24, 2.45) is 0 Å². The van der Waals surface area contributed by atoms with Gasteiger partial charge in [-0.2, -0.15) is 0 Å². The number of nitrogens with zero attached hydrogens (tertiary/aromatic N) is 1. The van der Waals surface area contributed by atoms with Crippen LogP contribution >= 0.6 is 11.8 Å². The van der Waals surface area contributed by atoms with Gasteiger partial charge in [-0.3, -0.25) is 4.79 Å². The topological polar surface area (TPSA) is 20.3 Å². The van der Waals surface area contributed by atoms with E-state index in [1.54, 1.807) is 34.9 Å². The van der Waals surface area contributed by atoms with E-state index in [0.717, 1.165) is 5.75 Å². The van der Waals surface area contributed by atoms with Gasteiger partial charge in [-0.25, -0.2) is 0 Å². The van der Waals surface area contributed by atoms with Crippen LogP contribution in [0.3, 0.4) is 0 Å². The molecule has 0 aliphatic rings. The summed E-state index contributed by atoms with van der Waals surface area (Å²) in [6.07, 6.45) is 5.24. The average molecular weight is 211 g/mol. The normalized spacial score (nSPS) is 9.14. The number of thioether (sulfide) groups is 1. The maximum atomic E-state index is 11.6. The molecule has 0 aromatic heterocycles. The largest absolute Gasteiger partial charge is 0.335 e. The Bertz CT molecular complexity index is 203. The summed E-state index contributed by atoms with van der Waals surface area (Å²) in [5.74, 6) is 1.42. The molecule has 0 saturated heterocycles. The molecule has 0 bridgehead atoms. The summed E-state index contributed by atoms with van der Waals surface area (Å²) in [5.41, 5.74) is 0. The van der Waals surface area contributed by atoms with Crippen LogP contribution in [0, 0.1) is 0 Å². The van der Waals surface area contributed by atoms with E-state index in [9.17, 15) is 4.79 Å². The lowest BCUT2D eigenvalue weighted by atomic mass is 10.4. The molecule has 14 heavy (non-hydrogen) atoms. The Morgan fingerprint density at radius 1 is 1.14 bits per heavy atom. The third-order valence-electron chi connectivity index (χ3n) is 1.51. The van der Waals surface area contributed by atoms with E-state index in [4.69, 9.17) is 0 Å². The van der Waals surface area contributed by atoms with Crippen molar-refractivity contribution in [1.82, 2.24) is 4.90 Å². The van der Waals surface area contributed by atoms with Gasteiger partial charge in [0.2, 0.25) is 5.91 Å². The van der Waals surface area contributed by atoms with Crippen LogP contribution in [0.25, 0.3) is 0 Å². The van der Waals surface area contributed by atoms with Gasteiger partial charge in [0.05, 0.1) is 5.75 Å². The summed E-state index contributed by atoms with van der Waals surface area (Å²) in [6, 6.07) is 0. The molecule has 0 atom stereocenters. The second-order valence-corrected chi connectivity index (χ2v) is 3.71. The summed E-state index contributed by atoms with van der Waals surface area (Å²) in [4.78, 5) is 13.3. The molecule has 0 aromatic carbocycles. The predicted molar refractivity (Wildman–Crippen MR) is 64.5 cm³/mol. The minimum Gasteiger partial charge on any atom is -0.335 e. The first kappa shape index (κ1) is 13.0. The van der Waals surface area contributed by atoms with Gasteiger partial charge in [0.25, 0.3) is 0 Å². The van der Waals surface area contributed by atoms with Crippen molar-refractivity contribution >= 4 is 17.7 Å². The maximum absolute atomic E-state index is 11.6. The van der Waals surface area contributed by atoms with Gasteiger partial charge >= 0.3 is 0 Å². The third-order valence-corrected chi connectivity index (χ3v) is 2.44. The second-order valence-electron chi connectivity index (χ2n) is 2.68. The lowest BCUT2D eigenvalue weighted by Gasteiger charge is -2.18. The van der Waals surface area contributed by atoms with Crippen molar-refractivity contribution in [3.05, 3.63) is 38.0 Å². The van der Waals surface area contributed by atoms with E-state index in [1.807, 2.05) is 0 Å². The monoisotopic (exact) mass is 211 g/mol. The van der Waals surface area contributed by atoms with Crippen molar-refractivity contribution in [2.45, 2.75) is 0 Å². The van der Waals surface area contributed by atoms with Crippen LogP contribution < -0.4 is 0 Å². The van der Waals surface area contributed by atoms with Crippen LogP contribution in [0.1, 0.15) is 0 Å². The molecule has 0 unspecified atom stereocenters. The number of rotatable bonds is 8. The third kappa shape index (κ3) is 5.65. The minimum absolute atomic E-state index is 0.122. The van der Waals surface area contributed by atoms with Crippen LogP contribution in [-0.2, 0) is 4.79 Å². The molecule has 0 heterocycles. The predicted octanol–water partition coefficient (Wildman–Crippen LogP) is 2.11. The van der Waals surface area contributed by atoms with Crippen molar-refractivity contribution in [2.75, 3.05) is 24.6 Å². The minimum atomic E-state index is 0.122. The molecular formula is C11H17NOS. The van der Waals surface area contributed by atoms with Crippen LogP contribution in [0.15, 0.2) is 38.0 Å². The SMILES string of the molecule is C=CCSCC(=O)N(CC=C)CC=C. The van der Waals surface area contributed by atoms with Gasteiger partial charge in [0.15, 0.2) is 0 Å². The van der Waals surface area contributed by atoms with Crippen molar-refractivity contribution < 1.29 is 4.79 Å². The molecule has 0 aliphatic heterocycles. The lowest BCUT2D eigenvalue weighted by molar-refractivity contribution is -0.127. The number of carbonyl (C=O) groups is 1. The lowest BCUT2D eigenvalue weighted by Crippen LogP contribution is -2.32. The van der Waals surface area contributed by atoms with Gasteiger partial charge in [-0.1, -0.05) is 18.2 Å². The highest BCUT2D eigenvalue weighted by Gasteiger charge is 2.09. The van der Waals surface area contributed by atoms with Gasteiger partial charge in [-0.05, 0) is 0 Å². The molecule has 0 rings (SSSR count). The zero-order valence-electron chi connectivity index (χ0n) is 8.45. The Labute approximate surface area is 90.4 Å². The Hall–Kier alpha value is -0.960. The molecule has 0 aromatic rings. The molecular weight excluding hydrogens is 194 g/mol. The molecule has 0 radical (unpaired) electrons. The molecule has 2 nitrogen and oxygen atoms in total. The van der Waals surface area contributed by atoms with Crippen LogP contribution in [-0.4, -0.2) is 35.4 Å². The van der Waals surface area contributed by atoms with Crippen molar-refractivity contribution in [3.63, 3.8) is 0 Å². The van der Waals surface area contributed by atoms with E-state index in [0.29, 0.717) is 18.8 Å². The zero-order chi connectivity index (χ0) is 10.8. The average Bonchev–Trinajstić information content (AvgIpc) is 2.18. The van der Waals surface area contributed by atoms with E-state index in [-0.39, 0.29) is 5.91 Å². The molecule has 0 spiro atoms. The maximum Gasteiger partial charge on any atom is 0.233 e. The Morgan fingerprint density at radius 2 is 1.71 bits per heavy atom. The van der Waals surface area contributed by atoms with Crippen LogP contribution in [0.5, 0.6) is 0 Å². The first-order chi connectivity index (χ1) is 6.76. The molecule has 78 valence electrons. The van der Waals surface area contributed by atoms with Gasteiger partial charge < -0.3 is 4.90 Å². The quantitative estimate of drug-likeness (QED) is 0.453. The Balaban J connectivity index is 3.93. The van der Waals surface area contributed by atoms with Crippen LogP contribution in [0.4, 0.5) is 0 Å². The highest BCUT2D eigenvalue weighted by Crippen LogP contribution is 2.03. The van der Waals surface area contributed by atoms with Gasteiger partial charge in [0, 0.05) is 18.8 Å². The Kier molecular flexibility index (Phi) is 8.04. The van der Waals surface area contributed by atoms with E-state index < -0.39 is 0 Å². The molecule has 3 heteroatoms. The summed E-state index contributed by atoms with van der Waals surface area (Å²) < 4.78 is 0. The fourth-order valence-corrected chi connectivity index (χ4v) is 1.55. The fraction of sp³-hybridized carbons (Fsp3) is 0.364. The number of hydrogen-bond donors (Lipinski definition) is 0. The molecule has 0 N–H and O–H groups in total. The molecule has 0 saturated carbocycles. The van der Waals surface area contributed by atoms with E-state index in [1.165, 1.54) is 0 Å². The molecule has 0 fully saturated rings. The summed E-state index contributed by atoms with van der Waals surface area (Å²) in [7, 11) is 0. The second kappa shape index (κ2) is 8.63. The van der Waals surface area contributed by atoms with E-state index >= 15 is 0 Å². The van der Waals surface area contributed by atoms with Crippen LogP contribution in [0.2, 0.25) is 0 Å². The summed E-state index contributed by atoms with van der Waals surface area (Å²) in [5, 5.41) is 0. The Morgan fingerprint density at radius 3 is 2.14 bits per heavy atom. The molecule has 1 amide bonds. The highest BCUT2D eigenvalue weighted by molar-refractivity contribution is 8.00. The first-order valence-electron chi connectivity index (χ1n) is 4.44. The molecule has 0 aliphatic carbocycles. The van der Waals surface area contributed by atoms with Crippen molar-refractivity contribution in [1.29, 1.82) is 0 Å². The van der Waals surface area contributed by atoms with E-state index in [2.05, 4.69) is 19.7 Å². The zero-order valence-corrected chi connectivity index (χ0v) is 9.26. The summed E-state index contributed by atoms with van der Waals surface area (Å²) >= 11 is 1.56. The van der Waals surface area contributed by atoms with Gasteiger partial charge in [0.1, 0.15) is 0 Å². The summed E-state index contributed by atoms with van der Waals surface area (Å²) in [6.45, 7) is 12.0. The smallest absolute Gasteiger partial charge is 0.233 e. The van der Waals surface area contributed by atoms with Crippen molar-refractivity contribution in [3.8, 4) is 0 Å². The van der Waals surface area contributed by atoms with Gasteiger partial charge in [-0.15, -0.1) is 31.5 Å². The standard InChI is InChI=1S/C11H17NOS/c1-4-7-12(8-5-2)11(13)10-14-9-6-3/h4-6H,1-3,7-10H2. The number of hydrogen-bond acceptors (Lipinski definition) is 2. The number of carbonyl (C=O) groups excluding carboxylic acids is 1. The fourth-order valence-electron chi connectivity index (χ4n) is 0.911. The number of amides is 1. The highest BCUT2D eigenvalue weighted by atomic mass is 32.2. The first-order valence-corrected chi connectivity index (χ1v) is 5.60.